The molecule has 1 aliphatic heterocycles. The number of imide groups is 1. The molecule has 0 radical (unpaired) electrons. The Morgan fingerprint density at radius 3 is 2.50 bits per heavy atom. The molecule has 0 aromatic heterocycles. The van der Waals surface area contributed by atoms with E-state index < -0.39 is 45.5 Å². The summed E-state index contributed by atoms with van der Waals surface area (Å²) >= 11 is 0. The van der Waals surface area contributed by atoms with Crippen molar-refractivity contribution in [3.8, 4) is 0 Å². The summed E-state index contributed by atoms with van der Waals surface area (Å²) in [5.74, 6) is -1.05. The number of rotatable bonds is 3. The van der Waals surface area contributed by atoms with Gasteiger partial charge in [0.05, 0.1) is 5.56 Å². The van der Waals surface area contributed by atoms with Crippen molar-refractivity contribution in [3.05, 3.63) is 29.8 Å². The molecule has 3 amide bonds. The maximum Gasteiger partial charge on any atom is 0.416 e. The van der Waals surface area contributed by atoms with E-state index in [9.17, 15) is 31.2 Å². The SMILES string of the molecule is O=C1NCC(S(=O)(=O)Nc2cccc(C(F)(F)F)c2)C(=O)N1. The number of alkyl halides is 3. The number of amides is 3. The van der Waals surface area contributed by atoms with Crippen molar-refractivity contribution in [2.45, 2.75) is 11.4 Å². The number of carbonyl (C=O) groups excluding carboxylic acids is 2. The van der Waals surface area contributed by atoms with Crippen molar-refractivity contribution in [2.24, 2.45) is 0 Å². The van der Waals surface area contributed by atoms with E-state index in [1.807, 2.05) is 4.72 Å². The van der Waals surface area contributed by atoms with Crippen LogP contribution in [0.2, 0.25) is 0 Å². The molecular weight excluding hydrogens is 327 g/mol. The lowest BCUT2D eigenvalue weighted by atomic mass is 10.2. The van der Waals surface area contributed by atoms with Crippen LogP contribution in [0.15, 0.2) is 24.3 Å². The fourth-order valence-electron chi connectivity index (χ4n) is 1.76. The van der Waals surface area contributed by atoms with Crippen LogP contribution in [0.4, 0.5) is 23.7 Å². The van der Waals surface area contributed by atoms with Crippen molar-refractivity contribution in [1.82, 2.24) is 10.6 Å². The molecule has 0 bridgehead atoms. The molecule has 0 aliphatic carbocycles. The van der Waals surface area contributed by atoms with E-state index in [0.29, 0.717) is 6.07 Å². The Hall–Kier alpha value is -2.30. The van der Waals surface area contributed by atoms with E-state index in [2.05, 4.69) is 5.32 Å². The van der Waals surface area contributed by atoms with Gasteiger partial charge in [-0.1, -0.05) is 6.07 Å². The molecule has 2 rings (SSSR count). The van der Waals surface area contributed by atoms with Gasteiger partial charge in [-0.25, -0.2) is 13.2 Å². The largest absolute Gasteiger partial charge is 0.416 e. The first-order valence-electron chi connectivity index (χ1n) is 5.87. The van der Waals surface area contributed by atoms with Gasteiger partial charge < -0.3 is 5.32 Å². The van der Waals surface area contributed by atoms with Crippen LogP contribution in [-0.2, 0) is 21.0 Å². The number of halogens is 3. The summed E-state index contributed by atoms with van der Waals surface area (Å²) in [5, 5.41) is 2.25. The van der Waals surface area contributed by atoms with Gasteiger partial charge in [0.2, 0.25) is 15.9 Å². The summed E-state index contributed by atoms with van der Waals surface area (Å²) in [5.41, 5.74) is -1.37. The molecule has 1 saturated heterocycles. The second-order valence-corrected chi connectivity index (χ2v) is 6.28. The highest BCUT2D eigenvalue weighted by Gasteiger charge is 2.37. The minimum absolute atomic E-state index is 0.334. The number of hydrogen-bond donors (Lipinski definition) is 3. The van der Waals surface area contributed by atoms with Gasteiger partial charge in [0.25, 0.3) is 0 Å². The van der Waals surface area contributed by atoms with E-state index in [1.165, 1.54) is 0 Å². The molecule has 22 heavy (non-hydrogen) atoms. The van der Waals surface area contributed by atoms with Crippen LogP contribution in [-0.4, -0.2) is 32.2 Å². The zero-order valence-electron chi connectivity index (χ0n) is 10.8. The molecule has 1 atom stereocenters. The third-order valence-electron chi connectivity index (χ3n) is 2.80. The topological polar surface area (TPSA) is 104 Å². The molecule has 1 aliphatic rings. The standard InChI is InChI=1S/C11H10F3N3O4S/c12-11(13,14)6-2-1-3-7(4-6)17-22(20,21)8-5-15-10(19)16-9(8)18/h1-4,8,17H,5H2,(H2,15,16,18,19). The van der Waals surface area contributed by atoms with Crippen molar-refractivity contribution in [3.63, 3.8) is 0 Å². The van der Waals surface area contributed by atoms with Gasteiger partial charge in [0.15, 0.2) is 5.25 Å². The summed E-state index contributed by atoms with van der Waals surface area (Å²) in [4.78, 5) is 22.4. The Labute approximate surface area is 122 Å². The van der Waals surface area contributed by atoms with Crippen molar-refractivity contribution < 1.29 is 31.2 Å². The first-order valence-corrected chi connectivity index (χ1v) is 7.42. The van der Waals surface area contributed by atoms with Crippen LogP contribution in [0.3, 0.4) is 0 Å². The number of anilines is 1. The average molecular weight is 337 g/mol. The molecule has 0 saturated carbocycles. The van der Waals surface area contributed by atoms with Gasteiger partial charge in [-0.3, -0.25) is 14.8 Å². The average Bonchev–Trinajstić information content (AvgIpc) is 2.36. The Balaban J connectivity index is 2.22. The number of benzene rings is 1. The van der Waals surface area contributed by atoms with Gasteiger partial charge >= 0.3 is 12.2 Å². The van der Waals surface area contributed by atoms with Gasteiger partial charge in [-0.2, -0.15) is 13.2 Å². The summed E-state index contributed by atoms with van der Waals surface area (Å²) in [6.45, 7) is -0.473. The normalized spacial score (nSPS) is 19.3. The number of sulfonamides is 1. The van der Waals surface area contributed by atoms with E-state index in [0.717, 1.165) is 18.2 Å². The van der Waals surface area contributed by atoms with Crippen LogP contribution in [0, 0.1) is 0 Å². The number of nitrogens with one attached hydrogen (secondary N) is 3. The fraction of sp³-hybridized carbons (Fsp3) is 0.273. The van der Waals surface area contributed by atoms with E-state index in [-0.39, 0.29) is 5.69 Å². The predicted molar refractivity (Wildman–Crippen MR) is 69.3 cm³/mol. The number of carbonyl (C=O) groups is 2. The van der Waals surface area contributed by atoms with Crippen LogP contribution >= 0.6 is 0 Å². The fourth-order valence-corrected chi connectivity index (χ4v) is 3.00. The quantitative estimate of drug-likeness (QED) is 0.753. The summed E-state index contributed by atoms with van der Waals surface area (Å²) in [6, 6.07) is 2.70. The van der Waals surface area contributed by atoms with E-state index >= 15 is 0 Å². The molecular formula is C11H10F3N3O4S. The Bertz CT molecular complexity index is 718. The predicted octanol–water partition coefficient (Wildman–Crippen LogP) is 0.655. The molecule has 11 heteroatoms. The van der Waals surface area contributed by atoms with Crippen LogP contribution in [0.5, 0.6) is 0 Å². The van der Waals surface area contributed by atoms with Crippen LogP contribution in [0.25, 0.3) is 0 Å². The Kier molecular flexibility index (Phi) is 4.00. The summed E-state index contributed by atoms with van der Waals surface area (Å²) in [6.07, 6.45) is -4.63. The molecule has 1 heterocycles. The number of urea groups is 1. The molecule has 1 unspecified atom stereocenters. The zero-order valence-corrected chi connectivity index (χ0v) is 11.6. The maximum atomic E-state index is 12.6. The van der Waals surface area contributed by atoms with Gasteiger partial charge in [-0.15, -0.1) is 0 Å². The monoisotopic (exact) mass is 337 g/mol. The third kappa shape index (κ3) is 3.47. The molecule has 0 spiro atoms. The molecule has 7 nitrogen and oxygen atoms in total. The molecule has 1 fully saturated rings. The van der Waals surface area contributed by atoms with Crippen LogP contribution < -0.4 is 15.4 Å². The van der Waals surface area contributed by atoms with Crippen LogP contribution in [0.1, 0.15) is 5.56 Å². The van der Waals surface area contributed by atoms with Crippen molar-refractivity contribution in [1.29, 1.82) is 0 Å². The smallest absolute Gasteiger partial charge is 0.336 e. The zero-order chi connectivity index (χ0) is 16.5. The third-order valence-corrected chi connectivity index (χ3v) is 4.45. The summed E-state index contributed by atoms with van der Waals surface area (Å²) < 4.78 is 63.7. The highest BCUT2D eigenvalue weighted by Crippen LogP contribution is 2.31. The Morgan fingerprint density at radius 2 is 1.91 bits per heavy atom. The minimum Gasteiger partial charge on any atom is -0.336 e. The van der Waals surface area contributed by atoms with E-state index in [4.69, 9.17) is 0 Å². The lowest BCUT2D eigenvalue weighted by Crippen LogP contribution is -2.58. The van der Waals surface area contributed by atoms with Gasteiger partial charge in [-0.05, 0) is 18.2 Å². The first kappa shape index (κ1) is 16.1. The molecule has 3 N–H and O–H groups in total. The molecule has 120 valence electrons. The first-order chi connectivity index (χ1) is 10.1. The van der Waals surface area contributed by atoms with Gasteiger partial charge in [0.1, 0.15) is 0 Å². The minimum atomic E-state index is -4.63. The number of hydrogen-bond acceptors (Lipinski definition) is 4. The highest BCUT2D eigenvalue weighted by molar-refractivity contribution is 7.94. The second-order valence-electron chi connectivity index (χ2n) is 4.41. The van der Waals surface area contributed by atoms with E-state index in [1.54, 1.807) is 5.32 Å². The van der Waals surface area contributed by atoms with Crippen molar-refractivity contribution >= 4 is 27.6 Å². The summed E-state index contributed by atoms with van der Waals surface area (Å²) in [7, 11) is -4.32. The Morgan fingerprint density at radius 1 is 1.23 bits per heavy atom. The molecule has 1 aromatic carbocycles. The van der Waals surface area contributed by atoms with Crippen molar-refractivity contribution in [2.75, 3.05) is 11.3 Å². The lowest BCUT2D eigenvalue weighted by Gasteiger charge is -2.22. The highest BCUT2D eigenvalue weighted by atomic mass is 32.2. The maximum absolute atomic E-state index is 12.6. The second kappa shape index (κ2) is 5.48. The molecule has 1 aromatic rings. The van der Waals surface area contributed by atoms with Gasteiger partial charge in [0, 0.05) is 12.2 Å². The lowest BCUT2D eigenvalue weighted by molar-refractivity contribution is -0.137.